The minimum absolute atomic E-state index is 0.806. The fourth-order valence-electron chi connectivity index (χ4n) is 2.89. The second-order valence-electron chi connectivity index (χ2n) is 5.73. The topological polar surface area (TPSA) is 37.1 Å². The Labute approximate surface area is 148 Å². The highest BCUT2D eigenvalue weighted by Crippen LogP contribution is 2.78. The normalized spacial score (nSPS) is 19.5. The summed E-state index contributed by atoms with van der Waals surface area (Å²) in [7, 11) is -5.77. The molecule has 0 saturated carbocycles. The second-order valence-corrected chi connectivity index (χ2v) is 15.3. The highest BCUT2D eigenvalue weighted by atomic mass is 31.3. The third-order valence-corrected chi connectivity index (χ3v) is 16.6. The molecule has 0 aromatic rings. The molecule has 0 spiro atoms. The van der Waals surface area contributed by atoms with Crippen LogP contribution >= 0.6 is 21.6 Å². The van der Waals surface area contributed by atoms with Crippen LogP contribution in [0.15, 0.2) is 89.5 Å². The number of hydrogen-bond acceptors (Lipinski definition) is 3. The molecule has 1 rings (SSSR count). The molecule has 0 N–H and O–H groups in total. The van der Waals surface area contributed by atoms with Crippen LogP contribution in [0.1, 0.15) is 0 Å². The maximum absolute atomic E-state index is 5.33. The standard InChI is InChI=1S/C18H30N3P3/c1-7-13-22(14-8-2)19-23(15-9-3,16-10-4)21-24(20-22,17-11-5)18-12-6/h7-12H,1-6,13-18H2. The monoisotopic (exact) mass is 381 g/mol. The number of allylic oxidation sites excluding steroid dienone is 6. The van der Waals surface area contributed by atoms with Gasteiger partial charge < -0.3 is 0 Å². The van der Waals surface area contributed by atoms with Crippen molar-refractivity contribution in [2.75, 3.05) is 37.0 Å². The molecular weight excluding hydrogens is 351 g/mol. The molecule has 0 fully saturated rings. The van der Waals surface area contributed by atoms with E-state index in [1.807, 2.05) is 36.5 Å². The van der Waals surface area contributed by atoms with Crippen LogP contribution in [0, 0.1) is 0 Å². The summed E-state index contributed by atoms with van der Waals surface area (Å²) in [6.07, 6.45) is 16.5. The van der Waals surface area contributed by atoms with E-state index in [-0.39, 0.29) is 0 Å². The van der Waals surface area contributed by atoms with E-state index in [1.54, 1.807) is 0 Å². The summed E-state index contributed by atoms with van der Waals surface area (Å²) in [6.45, 7) is 23.7. The Morgan fingerprint density at radius 1 is 0.417 bits per heavy atom. The fourth-order valence-corrected chi connectivity index (χ4v) is 18.2. The highest BCUT2D eigenvalue weighted by molar-refractivity contribution is 7.87. The molecular formula is C18H30N3P3. The zero-order chi connectivity index (χ0) is 18.1. The molecule has 6 heteroatoms. The summed E-state index contributed by atoms with van der Waals surface area (Å²) < 4.78 is 16.0. The first-order valence-corrected chi connectivity index (χ1v) is 14.2. The first-order valence-electron chi connectivity index (χ1n) is 8.00. The van der Waals surface area contributed by atoms with Crippen molar-refractivity contribution in [3.63, 3.8) is 0 Å². The Bertz CT molecular complexity index is 545. The lowest BCUT2D eigenvalue weighted by atomic mass is 10.8. The van der Waals surface area contributed by atoms with E-state index in [4.69, 9.17) is 13.5 Å². The fraction of sp³-hybridized carbons (Fsp3) is 0.333. The van der Waals surface area contributed by atoms with Crippen LogP contribution in [0.3, 0.4) is 0 Å². The average molecular weight is 381 g/mol. The molecule has 0 aliphatic carbocycles. The maximum atomic E-state index is 5.33. The van der Waals surface area contributed by atoms with Gasteiger partial charge in [0.05, 0.1) is 21.6 Å². The van der Waals surface area contributed by atoms with Crippen molar-refractivity contribution >= 4 is 21.6 Å². The van der Waals surface area contributed by atoms with Crippen LogP contribution < -0.4 is 0 Å². The molecule has 0 aromatic carbocycles. The lowest BCUT2D eigenvalue weighted by Gasteiger charge is -2.35. The predicted octanol–water partition coefficient (Wildman–Crippen LogP) is 7.46. The highest BCUT2D eigenvalue weighted by Gasteiger charge is 2.33. The van der Waals surface area contributed by atoms with Gasteiger partial charge in [0.2, 0.25) is 0 Å². The number of hydrogen-bond donors (Lipinski definition) is 0. The molecule has 1 aliphatic rings. The van der Waals surface area contributed by atoms with E-state index in [2.05, 4.69) is 39.5 Å². The largest absolute Gasteiger partial charge is 0.239 e. The first-order chi connectivity index (χ1) is 11.5. The van der Waals surface area contributed by atoms with Gasteiger partial charge in [-0.2, -0.15) is 0 Å². The van der Waals surface area contributed by atoms with Crippen molar-refractivity contribution in [3.8, 4) is 0 Å². The van der Waals surface area contributed by atoms with Crippen molar-refractivity contribution in [2.45, 2.75) is 0 Å². The maximum Gasteiger partial charge on any atom is 0.0880 e. The zero-order valence-electron chi connectivity index (χ0n) is 14.6. The molecule has 1 aliphatic heterocycles. The van der Waals surface area contributed by atoms with Crippen LogP contribution in [-0.2, 0) is 0 Å². The Hall–Kier alpha value is -0.870. The van der Waals surface area contributed by atoms with Crippen LogP contribution in [0.4, 0.5) is 0 Å². The first kappa shape index (κ1) is 21.2. The van der Waals surface area contributed by atoms with Crippen molar-refractivity contribution in [3.05, 3.63) is 75.9 Å². The lowest BCUT2D eigenvalue weighted by molar-refractivity contribution is 1.43. The lowest BCUT2D eigenvalue weighted by Crippen LogP contribution is -2.01. The molecule has 0 unspecified atom stereocenters. The molecule has 0 saturated heterocycles. The Kier molecular flexibility index (Phi) is 8.44. The molecule has 1 heterocycles. The van der Waals surface area contributed by atoms with E-state index >= 15 is 0 Å². The average Bonchev–Trinajstić information content (AvgIpc) is 2.48. The van der Waals surface area contributed by atoms with Gasteiger partial charge in [-0.3, -0.25) is 0 Å². The van der Waals surface area contributed by atoms with E-state index in [1.165, 1.54) is 0 Å². The molecule has 132 valence electrons. The van der Waals surface area contributed by atoms with Gasteiger partial charge in [-0.1, -0.05) is 36.5 Å². The molecule has 0 amide bonds. The molecule has 3 nitrogen and oxygen atoms in total. The summed E-state index contributed by atoms with van der Waals surface area (Å²) in [5.41, 5.74) is 0. The summed E-state index contributed by atoms with van der Waals surface area (Å²) in [5.74, 6) is 0. The van der Waals surface area contributed by atoms with Gasteiger partial charge in [-0.05, 0) is 0 Å². The van der Waals surface area contributed by atoms with Gasteiger partial charge in [0, 0.05) is 37.0 Å². The minimum Gasteiger partial charge on any atom is -0.239 e. The van der Waals surface area contributed by atoms with Crippen LogP contribution in [0.2, 0.25) is 0 Å². The molecule has 0 atom stereocenters. The van der Waals surface area contributed by atoms with Crippen molar-refractivity contribution < 1.29 is 0 Å². The Balaban J connectivity index is 3.88. The SMILES string of the molecule is C=CCP1(CC=C)=NP(CC=C)(CC=C)=NP(CC=C)(CC=C)=N1. The van der Waals surface area contributed by atoms with Gasteiger partial charge in [-0.15, -0.1) is 39.5 Å². The predicted molar refractivity (Wildman–Crippen MR) is 118 cm³/mol. The summed E-state index contributed by atoms with van der Waals surface area (Å²) in [6, 6.07) is 0. The van der Waals surface area contributed by atoms with Gasteiger partial charge in [-0.25, -0.2) is 13.5 Å². The smallest absolute Gasteiger partial charge is 0.0880 e. The van der Waals surface area contributed by atoms with E-state index < -0.39 is 21.6 Å². The van der Waals surface area contributed by atoms with Crippen LogP contribution in [0.5, 0.6) is 0 Å². The summed E-state index contributed by atoms with van der Waals surface area (Å²) in [5, 5.41) is 0. The van der Waals surface area contributed by atoms with Gasteiger partial charge in [0.1, 0.15) is 0 Å². The van der Waals surface area contributed by atoms with Crippen molar-refractivity contribution in [1.82, 2.24) is 0 Å². The van der Waals surface area contributed by atoms with Crippen molar-refractivity contribution in [2.24, 2.45) is 13.5 Å². The Morgan fingerprint density at radius 3 is 0.708 bits per heavy atom. The van der Waals surface area contributed by atoms with Crippen LogP contribution in [-0.4, -0.2) is 37.0 Å². The van der Waals surface area contributed by atoms with E-state index in [0.29, 0.717) is 0 Å². The number of nitrogens with zero attached hydrogens (tertiary/aromatic N) is 3. The zero-order valence-corrected chi connectivity index (χ0v) is 17.3. The Morgan fingerprint density at radius 2 is 0.583 bits per heavy atom. The third-order valence-electron chi connectivity index (χ3n) is 3.53. The van der Waals surface area contributed by atoms with Crippen molar-refractivity contribution in [1.29, 1.82) is 0 Å². The quantitative estimate of drug-likeness (QED) is 0.248. The van der Waals surface area contributed by atoms with E-state index in [0.717, 1.165) is 37.0 Å². The van der Waals surface area contributed by atoms with Gasteiger partial charge in [0.15, 0.2) is 0 Å². The minimum atomic E-state index is -1.92. The van der Waals surface area contributed by atoms with E-state index in [9.17, 15) is 0 Å². The molecule has 24 heavy (non-hydrogen) atoms. The molecule has 0 radical (unpaired) electrons. The third kappa shape index (κ3) is 5.06. The second kappa shape index (κ2) is 9.57. The molecule has 0 bridgehead atoms. The number of rotatable bonds is 12. The van der Waals surface area contributed by atoms with Gasteiger partial charge >= 0.3 is 0 Å². The summed E-state index contributed by atoms with van der Waals surface area (Å²) >= 11 is 0. The van der Waals surface area contributed by atoms with Gasteiger partial charge in [0.25, 0.3) is 0 Å². The summed E-state index contributed by atoms with van der Waals surface area (Å²) in [4.78, 5) is 0. The molecule has 0 aromatic heterocycles. The van der Waals surface area contributed by atoms with Crippen LogP contribution in [0.25, 0.3) is 0 Å².